The Bertz CT molecular complexity index is 875. The van der Waals surface area contributed by atoms with Crippen molar-refractivity contribution in [2.75, 3.05) is 26.7 Å². The summed E-state index contributed by atoms with van der Waals surface area (Å²) >= 11 is 0. The van der Waals surface area contributed by atoms with Crippen molar-refractivity contribution >= 4 is 11.8 Å². The molecule has 2 aliphatic rings. The molecule has 0 N–H and O–H groups in total. The van der Waals surface area contributed by atoms with Crippen molar-refractivity contribution in [3.8, 4) is 0 Å². The molecule has 1 aromatic carbocycles. The molecule has 1 saturated heterocycles. The fourth-order valence-electron chi connectivity index (χ4n) is 4.28. The number of halogens is 1. The monoisotopic (exact) mass is 399 g/mol. The van der Waals surface area contributed by atoms with Gasteiger partial charge in [0.15, 0.2) is 0 Å². The van der Waals surface area contributed by atoms with Gasteiger partial charge in [-0.25, -0.2) is 4.39 Å². The first-order valence-corrected chi connectivity index (χ1v) is 10.2. The number of nitrogens with zero attached hydrogens (tertiary/aromatic N) is 3. The van der Waals surface area contributed by atoms with Crippen molar-refractivity contribution in [1.82, 2.24) is 15.0 Å². The summed E-state index contributed by atoms with van der Waals surface area (Å²) < 4.78 is 18.2. The van der Waals surface area contributed by atoms with E-state index < -0.39 is 0 Å². The first-order chi connectivity index (χ1) is 14.0. The Morgan fingerprint density at radius 1 is 1.31 bits per heavy atom. The first kappa shape index (κ1) is 19.6. The van der Waals surface area contributed by atoms with Crippen LogP contribution in [0.2, 0.25) is 0 Å². The van der Waals surface area contributed by atoms with E-state index in [9.17, 15) is 14.0 Å². The molecule has 1 atom stereocenters. The van der Waals surface area contributed by atoms with E-state index in [1.807, 2.05) is 11.9 Å². The van der Waals surface area contributed by atoms with Gasteiger partial charge in [-0.05, 0) is 54.9 Å². The van der Waals surface area contributed by atoms with Gasteiger partial charge in [-0.1, -0.05) is 11.2 Å². The quantitative estimate of drug-likeness (QED) is 0.749. The third kappa shape index (κ3) is 4.33. The summed E-state index contributed by atoms with van der Waals surface area (Å²) in [6, 6.07) is 4.74. The largest absolute Gasteiger partial charge is 0.364 e. The molecule has 2 aromatic rings. The summed E-state index contributed by atoms with van der Waals surface area (Å²) in [6.07, 6.45) is 6.90. The van der Waals surface area contributed by atoms with Gasteiger partial charge in [-0.15, -0.1) is 0 Å². The molecular formula is C22H26FN3O3. The Morgan fingerprint density at radius 3 is 2.83 bits per heavy atom. The molecule has 2 heterocycles. The zero-order chi connectivity index (χ0) is 20.4. The minimum absolute atomic E-state index is 0.0525. The average molecular weight is 399 g/mol. The molecule has 0 radical (unpaired) electrons. The number of hydrogen-bond donors (Lipinski definition) is 0. The maximum atomic E-state index is 13.5. The number of rotatable bonds is 6. The average Bonchev–Trinajstić information content (AvgIpc) is 3.22. The Labute approximate surface area is 169 Å². The van der Waals surface area contributed by atoms with Crippen LogP contribution in [-0.4, -0.2) is 53.5 Å². The number of amides is 2. The molecule has 154 valence electrons. The SMILES string of the molecule is CN(CCC1CCN(C(=O)C2Cc3ccc(F)cc32)CC1)C(=O)Cc1cnoc1. The summed E-state index contributed by atoms with van der Waals surface area (Å²) in [4.78, 5) is 28.7. The van der Waals surface area contributed by atoms with Crippen LogP contribution < -0.4 is 0 Å². The topological polar surface area (TPSA) is 66.7 Å². The summed E-state index contributed by atoms with van der Waals surface area (Å²) in [5.41, 5.74) is 2.72. The molecule has 1 fully saturated rings. The predicted octanol–water partition coefficient (Wildman–Crippen LogP) is 2.78. The second-order valence-corrected chi connectivity index (χ2v) is 8.18. The van der Waals surface area contributed by atoms with Gasteiger partial charge in [0.2, 0.25) is 11.8 Å². The fourth-order valence-corrected chi connectivity index (χ4v) is 4.28. The van der Waals surface area contributed by atoms with Gasteiger partial charge >= 0.3 is 0 Å². The molecular weight excluding hydrogens is 373 g/mol. The third-order valence-corrected chi connectivity index (χ3v) is 6.27. The summed E-state index contributed by atoms with van der Waals surface area (Å²) in [5.74, 6) is 0.233. The molecule has 29 heavy (non-hydrogen) atoms. The van der Waals surface area contributed by atoms with Crippen molar-refractivity contribution in [2.24, 2.45) is 5.92 Å². The smallest absolute Gasteiger partial charge is 0.230 e. The van der Waals surface area contributed by atoms with E-state index in [1.54, 1.807) is 17.2 Å². The van der Waals surface area contributed by atoms with Crippen LogP contribution in [0.25, 0.3) is 0 Å². The molecule has 0 spiro atoms. The van der Waals surface area contributed by atoms with Crippen LogP contribution in [0.3, 0.4) is 0 Å². The maximum Gasteiger partial charge on any atom is 0.230 e. The van der Waals surface area contributed by atoms with E-state index in [2.05, 4.69) is 5.16 Å². The number of aromatic nitrogens is 1. The number of piperidine rings is 1. The fraction of sp³-hybridized carbons (Fsp3) is 0.500. The van der Waals surface area contributed by atoms with Crippen molar-refractivity contribution in [3.05, 3.63) is 53.2 Å². The van der Waals surface area contributed by atoms with Gasteiger partial charge in [0.05, 0.1) is 18.5 Å². The van der Waals surface area contributed by atoms with Crippen molar-refractivity contribution < 1.29 is 18.5 Å². The van der Waals surface area contributed by atoms with Crippen molar-refractivity contribution in [2.45, 2.75) is 38.0 Å². The molecule has 6 nitrogen and oxygen atoms in total. The summed E-state index contributed by atoms with van der Waals surface area (Å²) in [5, 5.41) is 3.62. The lowest BCUT2D eigenvalue weighted by atomic mass is 9.76. The Kier molecular flexibility index (Phi) is 5.65. The third-order valence-electron chi connectivity index (χ3n) is 6.27. The highest BCUT2D eigenvalue weighted by molar-refractivity contribution is 5.87. The highest BCUT2D eigenvalue weighted by atomic mass is 19.1. The Morgan fingerprint density at radius 2 is 2.10 bits per heavy atom. The van der Waals surface area contributed by atoms with Crippen LogP contribution in [0.15, 0.2) is 35.2 Å². The van der Waals surface area contributed by atoms with E-state index in [-0.39, 0.29) is 23.5 Å². The number of fused-ring (bicyclic) bond motifs is 1. The number of likely N-dealkylation sites (N-methyl/N-ethyl adjacent to an activating group) is 1. The lowest BCUT2D eigenvalue weighted by Crippen LogP contribution is -2.44. The van der Waals surface area contributed by atoms with Crippen LogP contribution in [0.1, 0.15) is 41.9 Å². The highest BCUT2D eigenvalue weighted by Gasteiger charge is 2.36. The van der Waals surface area contributed by atoms with E-state index in [1.165, 1.54) is 18.4 Å². The molecule has 7 heteroatoms. The number of carbonyl (C=O) groups is 2. The maximum absolute atomic E-state index is 13.5. The van der Waals surface area contributed by atoms with E-state index in [0.717, 1.165) is 49.0 Å². The van der Waals surface area contributed by atoms with Crippen molar-refractivity contribution in [1.29, 1.82) is 0 Å². The number of likely N-dealkylation sites (tertiary alicyclic amines) is 1. The van der Waals surface area contributed by atoms with E-state index in [0.29, 0.717) is 25.3 Å². The minimum atomic E-state index is -0.275. The van der Waals surface area contributed by atoms with Crippen LogP contribution in [0.4, 0.5) is 4.39 Å². The van der Waals surface area contributed by atoms with Crippen LogP contribution in [-0.2, 0) is 22.4 Å². The zero-order valence-electron chi connectivity index (χ0n) is 16.6. The molecule has 4 rings (SSSR count). The van der Waals surface area contributed by atoms with Crippen molar-refractivity contribution in [3.63, 3.8) is 0 Å². The van der Waals surface area contributed by atoms with Gasteiger partial charge in [0, 0.05) is 32.2 Å². The molecule has 1 aliphatic carbocycles. The lowest BCUT2D eigenvalue weighted by molar-refractivity contribution is -0.134. The zero-order valence-corrected chi connectivity index (χ0v) is 16.6. The van der Waals surface area contributed by atoms with Gasteiger partial charge < -0.3 is 14.3 Å². The molecule has 0 saturated carbocycles. The molecule has 1 aliphatic heterocycles. The lowest BCUT2D eigenvalue weighted by Gasteiger charge is -2.38. The van der Waals surface area contributed by atoms with E-state index in [4.69, 9.17) is 4.52 Å². The second kappa shape index (κ2) is 8.35. The van der Waals surface area contributed by atoms with Gasteiger partial charge in [0.25, 0.3) is 0 Å². The van der Waals surface area contributed by atoms with Gasteiger partial charge in [-0.3, -0.25) is 9.59 Å². The predicted molar refractivity (Wildman–Crippen MR) is 105 cm³/mol. The number of hydrogen-bond acceptors (Lipinski definition) is 4. The van der Waals surface area contributed by atoms with Crippen LogP contribution in [0.5, 0.6) is 0 Å². The minimum Gasteiger partial charge on any atom is -0.364 e. The first-order valence-electron chi connectivity index (χ1n) is 10.2. The molecule has 0 bridgehead atoms. The highest BCUT2D eigenvalue weighted by Crippen LogP contribution is 2.37. The summed E-state index contributed by atoms with van der Waals surface area (Å²) in [6.45, 7) is 2.18. The standard InChI is InChI=1S/C22H26FN3O3/c1-25(21(27)10-16-13-24-29-14-16)7-4-15-5-8-26(9-6-15)22(28)20-11-17-2-3-18(23)12-19(17)20/h2-3,12-15,20H,4-11H2,1H3. The normalized spacial score (nSPS) is 18.8. The molecule has 1 unspecified atom stereocenters. The summed E-state index contributed by atoms with van der Waals surface area (Å²) in [7, 11) is 1.82. The van der Waals surface area contributed by atoms with Crippen LogP contribution in [0, 0.1) is 11.7 Å². The second-order valence-electron chi connectivity index (χ2n) is 8.18. The van der Waals surface area contributed by atoms with Crippen LogP contribution >= 0.6 is 0 Å². The molecule has 2 amide bonds. The Hall–Kier alpha value is -2.70. The number of carbonyl (C=O) groups excluding carboxylic acids is 2. The van der Waals surface area contributed by atoms with E-state index >= 15 is 0 Å². The number of benzene rings is 1. The van der Waals surface area contributed by atoms with Gasteiger partial charge in [0.1, 0.15) is 12.1 Å². The molecule has 1 aromatic heterocycles. The van der Waals surface area contributed by atoms with Gasteiger partial charge in [-0.2, -0.15) is 0 Å². The Balaban J connectivity index is 1.21.